The van der Waals surface area contributed by atoms with E-state index in [1.54, 1.807) is 61.5 Å². The number of esters is 1. The van der Waals surface area contributed by atoms with Crippen LogP contribution in [0.2, 0.25) is 0 Å². The number of hydrogen-bond acceptors (Lipinski definition) is 6. The van der Waals surface area contributed by atoms with E-state index in [-0.39, 0.29) is 52.2 Å². The Labute approximate surface area is 259 Å². The molecule has 8 nitrogen and oxygen atoms in total. The van der Waals surface area contributed by atoms with Crippen molar-refractivity contribution < 1.29 is 27.9 Å². The number of aryl methyl sites for hydroxylation is 2. The first-order valence-corrected chi connectivity index (χ1v) is 15.1. The van der Waals surface area contributed by atoms with Crippen molar-refractivity contribution in [1.29, 1.82) is 0 Å². The Balaban J connectivity index is 1.44. The zero-order valence-corrected chi connectivity index (χ0v) is 25.0. The van der Waals surface area contributed by atoms with Crippen molar-refractivity contribution in [2.75, 3.05) is 13.2 Å². The number of fused-ring (bicyclic) bond motifs is 3. The van der Waals surface area contributed by atoms with Crippen LogP contribution in [0.15, 0.2) is 67.0 Å². The summed E-state index contributed by atoms with van der Waals surface area (Å²) in [7, 11) is 0. The highest BCUT2D eigenvalue weighted by Crippen LogP contribution is 2.46. The highest BCUT2D eigenvalue weighted by Gasteiger charge is 2.45. The minimum atomic E-state index is -0.800. The van der Waals surface area contributed by atoms with Crippen LogP contribution in [0, 0.1) is 11.6 Å². The van der Waals surface area contributed by atoms with Crippen LogP contribution in [0.3, 0.4) is 0 Å². The number of pyridine rings is 2. The summed E-state index contributed by atoms with van der Waals surface area (Å²) in [5, 5.41) is 2.80. The maximum Gasteiger partial charge on any atom is 0.340 e. The average Bonchev–Trinajstić information content (AvgIpc) is 3.63. The summed E-state index contributed by atoms with van der Waals surface area (Å²) in [5.74, 6) is -2.70. The van der Waals surface area contributed by atoms with E-state index in [0.717, 1.165) is 24.0 Å². The molecule has 1 saturated heterocycles. The third kappa shape index (κ3) is 5.80. The van der Waals surface area contributed by atoms with Crippen LogP contribution < -0.4 is 5.32 Å². The predicted molar refractivity (Wildman–Crippen MR) is 163 cm³/mol. The smallest absolute Gasteiger partial charge is 0.340 e. The highest BCUT2D eigenvalue weighted by atomic mass is 19.1. The maximum atomic E-state index is 15.8. The van der Waals surface area contributed by atoms with E-state index >= 15 is 4.39 Å². The molecule has 0 spiro atoms. The van der Waals surface area contributed by atoms with Crippen molar-refractivity contribution in [2.24, 2.45) is 0 Å². The van der Waals surface area contributed by atoms with Crippen LogP contribution in [0.1, 0.15) is 92.4 Å². The summed E-state index contributed by atoms with van der Waals surface area (Å²) in [6.07, 6.45) is 5.53. The Morgan fingerprint density at radius 3 is 2.51 bits per heavy atom. The summed E-state index contributed by atoms with van der Waals surface area (Å²) >= 11 is 0. The average molecular weight is 611 g/mol. The molecule has 10 heteroatoms. The number of halogens is 2. The van der Waals surface area contributed by atoms with Gasteiger partial charge in [0.05, 0.1) is 46.8 Å². The molecule has 0 unspecified atom stereocenters. The minimum absolute atomic E-state index is 0.0819. The molecule has 0 aliphatic carbocycles. The van der Waals surface area contributed by atoms with Gasteiger partial charge in [0.1, 0.15) is 11.6 Å². The number of aromatic nitrogens is 2. The van der Waals surface area contributed by atoms with E-state index in [4.69, 9.17) is 9.72 Å². The largest absolute Gasteiger partial charge is 0.462 e. The predicted octanol–water partition coefficient (Wildman–Crippen LogP) is 6.17. The summed E-state index contributed by atoms with van der Waals surface area (Å²) < 4.78 is 34.8. The van der Waals surface area contributed by atoms with Gasteiger partial charge in [-0.05, 0) is 92.6 Å². The lowest BCUT2D eigenvalue weighted by molar-refractivity contribution is 0.0525. The first-order valence-electron chi connectivity index (χ1n) is 15.1. The first-order chi connectivity index (χ1) is 21.8. The van der Waals surface area contributed by atoms with Crippen molar-refractivity contribution >= 4 is 17.8 Å². The molecule has 2 aromatic heterocycles. The number of ether oxygens (including phenoxy) is 1. The lowest BCUT2D eigenvalue weighted by atomic mass is 9.89. The van der Waals surface area contributed by atoms with E-state index in [2.05, 4.69) is 10.3 Å². The standard InChI is InChI=1S/C35H32F2N4O4/c1-3-45-35(44)30-27(13-8-21-6-10-24(36)11-7-21)40-32-28-5-4-18-41(28)34(43)31(32)29(30)23-9-12-25(26(37)19-23)33(42)39-20(2)22-14-16-38-17-15-22/h6-7,9-12,14-17,19-20,28H,3-5,8,13,18H2,1-2H3,(H,39,42)/t20-,28-/m0/s1. The van der Waals surface area contributed by atoms with Crippen LogP contribution in [-0.4, -0.2) is 45.8 Å². The highest BCUT2D eigenvalue weighted by molar-refractivity contribution is 6.11. The lowest BCUT2D eigenvalue weighted by Gasteiger charge is -2.19. The molecule has 6 rings (SSSR count). The SMILES string of the molecule is CCOC(=O)c1c(CCc2ccc(F)cc2)nc2c(c1-c1ccc(C(=O)N[C@@H](C)c3ccncc3)c(F)c1)C(=O)N1CCC[C@@H]21. The maximum absolute atomic E-state index is 15.8. The van der Waals surface area contributed by atoms with E-state index in [9.17, 15) is 18.8 Å². The fourth-order valence-corrected chi connectivity index (χ4v) is 6.22. The van der Waals surface area contributed by atoms with Gasteiger partial charge >= 0.3 is 5.97 Å². The Morgan fingerprint density at radius 1 is 1.04 bits per heavy atom. The lowest BCUT2D eigenvalue weighted by Crippen LogP contribution is -2.27. The second-order valence-electron chi connectivity index (χ2n) is 11.2. The van der Waals surface area contributed by atoms with Crippen LogP contribution in [0.4, 0.5) is 8.78 Å². The molecule has 45 heavy (non-hydrogen) atoms. The molecule has 1 fully saturated rings. The topological polar surface area (TPSA) is 101 Å². The number of carbonyl (C=O) groups is 3. The molecule has 4 aromatic rings. The molecule has 2 aromatic carbocycles. The number of amides is 2. The number of benzene rings is 2. The van der Waals surface area contributed by atoms with Gasteiger partial charge in [0, 0.05) is 24.5 Å². The molecular weight excluding hydrogens is 578 g/mol. The number of carbonyl (C=O) groups excluding carboxylic acids is 3. The molecule has 1 N–H and O–H groups in total. The summed E-state index contributed by atoms with van der Waals surface area (Å²) in [4.78, 5) is 51.1. The van der Waals surface area contributed by atoms with Gasteiger partial charge in [-0.1, -0.05) is 18.2 Å². The summed E-state index contributed by atoms with van der Waals surface area (Å²) in [6.45, 7) is 4.11. The molecule has 0 saturated carbocycles. The van der Waals surface area contributed by atoms with Crippen molar-refractivity contribution in [1.82, 2.24) is 20.2 Å². The van der Waals surface area contributed by atoms with E-state index in [1.165, 1.54) is 24.3 Å². The summed E-state index contributed by atoms with van der Waals surface area (Å²) in [6, 6.07) is 13.1. The van der Waals surface area contributed by atoms with E-state index in [0.29, 0.717) is 30.8 Å². The number of rotatable bonds is 9. The van der Waals surface area contributed by atoms with Crippen LogP contribution in [0.25, 0.3) is 11.1 Å². The van der Waals surface area contributed by atoms with Gasteiger partial charge in [0.2, 0.25) is 0 Å². The van der Waals surface area contributed by atoms with Gasteiger partial charge in [0.25, 0.3) is 11.8 Å². The molecule has 2 aliphatic rings. The molecule has 0 radical (unpaired) electrons. The van der Waals surface area contributed by atoms with Gasteiger partial charge in [0.15, 0.2) is 0 Å². The minimum Gasteiger partial charge on any atom is -0.462 e. The van der Waals surface area contributed by atoms with E-state index in [1.807, 2.05) is 0 Å². The van der Waals surface area contributed by atoms with Crippen LogP contribution in [-0.2, 0) is 17.6 Å². The molecular formula is C35H32F2N4O4. The number of nitrogens with one attached hydrogen (secondary N) is 1. The zero-order chi connectivity index (χ0) is 31.7. The zero-order valence-electron chi connectivity index (χ0n) is 25.0. The third-order valence-corrected chi connectivity index (χ3v) is 8.44. The first kappa shape index (κ1) is 30.1. The van der Waals surface area contributed by atoms with Crippen molar-refractivity contribution in [2.45, 2.75) is 51.6 Å². The van der Waals surface area contributed by atoms with E-state index < -0.39 is 23.7 Å². The Bertz CT molecular complexity index is 1780. The number of nitrogens with zero attached hydrogens (tertiary/aromatic N) is 3. The quantitative estimate of drug-likeness (QED) is 0.228. The van der Waals surface area contributed by atoms with Crippen LogP contribution in [0.5, 0.6) is 0 Å². The monoisotopic (exact) mass is 610 g/mol. The fraction of sp³-hybridized carbons (Fsp3) is 0.286. The Morgan fingerprint density at radius 2 is 1.80 bits per heavy atom. The van der Waals surface area contributed by atoms with Gasteiger partial charge in [-0.15, -0.1) is 0 Å². The Hall–Kier alpha value is -4.99. The van der Waals surface area contributed by atoms with Gasteiger partial charge < -0.3 is 15.0 Å². The fourth-order valence-electron chi connectivity index (χ4n) is 6.22. The normalized spacial score (nSPS) is 15.9. The van der Waals surface area contributed by atoms with Crippen LogP contribution >= 0.6 is 0 Å². The second-order valence-corrected chi connectivity index (χ2v) is 11.2. The van der Waals surface area contributed by atoms with Crippen molar-refractivity contribution in [3.8, 4) is 11.1 Å². The van der Waals surface area contributed by atoms with Gasteiger partial charge in [-0.3, -0.25) is 19.6 Å². The number of hydrogen-bond donors (Lipinski definition) is 1. The Kier molecular flexibility index (Phi) is 8.38. The molecule has 2 aliphatic heterocycles. The molecule has 2 atom stereocenters. The van der Waals surface area contributed by atoms with Crippen molar-refractivity contribution in [3.63, 3.8) is 0 Å². The summed E-state index contributed by atoms with van der Waals surface area (Å²) in [5.41, 5.74) is 3.33. The molecule has 0 bridgehead atoms. The molecule has 230 valence electrons. The van der Waals surface area contributed by atoms with Crippen molar-refractivity contribution in [3.05, 3.63) is 118 Å². The van der Waals surface area contributed by atoms with Gasteiger partial charge in [-0.25, -0.2) is 13.6 Å². The van der Waals surface area contributed by atoms with Gasteiger partial charge in [-0.2, -0.15) is 0 Å². The molecule has 4 heterocycles. The second kappa shape index (κ2) is 12.6. The third-order valence-electron chi connectivity index (χ3n) is 8.44. The molecule has 2 amide bonds.